The maximum absolute atomic E-state index is 13.6. The van der Waals surface area contributed by atoms with Crippen molar-refractivity contribution in [3.05, 3.63) is 35.4 Å². The van der Waals surface area contributed by atoms with E-state index in [-0.39, 0.29) is 12.6 Å². The average molecular weight is 360 g/mol. The van der Waals surface area contributed by atoms with E-state index in [1.54, 1.807) is 18.0 Å². The Balaban J connectivity index is 1.73. The highest BCUT2D eigenvalue weighted by Crippen LogP contribution is 2.12. The van der Waals surface area contributed by atoms with Gasteiger partial charge < -0.3 is 10.6 Å². The van der Waals surface area contributed by atoms with E-state index in [4.69, 9.17) is 0 Å². The zero-order chi connectivity index (χ0) is 18.2. The SMILES string of the molecule is CN=C(NCCc1cccc(F)c1F)NC1CCN(CC(F)F)CC1. The number of rotatable bonds is 6. The highest BCUT2D eigenvalue weighted by atomic mass is 19.3. The van der Waals surface area contributed by atoms with Gasteiger partial charge in [0.25, 0.3) is 6.43 Å². The van der Waals surface area contributed by atoms with Crippen molar-refractivity contribution < 1.29 is 17.6 Å². The fourth-order valence-corrected chi connectivity index (χ4v) is 2.90. The number of piperidine rings is 1. The molecule has 4 nitrogen and oxygen atoms in total. The summed E-state index contributed by atoms with van der Waals surface area (Å²) in [5.41, 5.74) is 0.309. The quantitative estimate of drug-likeness (QED) is 0.465. The topological polar surface area (TPSA) is 39.7 Å². The van der Waals surface area contributed by atoms with Crippen molar-refractivity contribution in [1.29, 1.82) is 0 Å². The molecule has 1 fully saturated rings. The molecule has 0 unspecified atom stereocenters. The van der Waals surface area contributed by atoms with Crippen molar-refractivity contribution in [2.24, 2.45) is 4.99 Å². The molecule has 1 saturated heterocycles. The van der Waals surface area contributed by atoms with E-state index in [1.807, 2.05) is 0 Å². The maximum atomic E-state index is 13.6. The van der Waals surface area contributed by atoms with Crippen LogP contribution in [0.3, 0.4) is 0 Å². The number of guanidine groups is 1. The van der Waals surface area contributed by atoms with Gasteiger partial charge in [-0.3, -0.25) is 9.89 Å². The Morgan fingerprint density at radius 2 is 2.00 bits per heavy atom. The molecule has 0 bridgehead atoms. The lowest BCUT2D eigenvalue weighted by atomic mass is 10.1. The zero-order valence-electron chi connectivity index (χ0n) is 14.2. The predicted molar refractivity (Wildman–Crippen MR) is 90.0 cm³/mol. The van der Waals surface area contributed by atoms with Gasteiger partial charge >= 0.3 is 0 Å². The molecule has 1 aromatic rings. The number of hydrogen-bond acceptors (Lipinski definition) is 2. The number of aliphatic imine (C=N–C) groups is 1. The molecule has 0 aromatic heterocycles. The van der Waals surface area contributed by atoms with Gasteiger partial charge in [0, 0.05) is 32.7 Å². The van der Waals surface area contributed by atoms with Crippen LogP contribution in [0.15, 0.2) is 23.2 Å². The first kappa shape index (κ1) is 19.5. The number of nitrogens with one attached hydrogen (secondary N) is 2. The first-order valence-corrected chi connectivity index (χ1v) is 8.40. The fraction of sp³-hybridized carbons (Fsp3) is 0.588. The Hall–Kier alpha value is -1.83. The summed E-state index contributed by atoms with van der Waals surface area (Å²) < 4.78 is 51.5. The average Bonchev–Trinajstić information content (AvgIpc) is 2.59. The van der Waals surface area contributed by atoms with Crippen LogP contribution in [0.2, 0.25) is 0 Å². The lowest BCUT2D eigenvalue weighted by molar-refractivity contribution is 0.0744. The van der Waals surface area contributed by atoms with Crippen LogP contribution in [0.5, 0.6) is 0 Å². The number of benzene rings is 1. The minimum atomic E-state index is -2.30. The summed E-state index contributed by atoms with van der Waals surface area (Å²) in [5, 5.41) is 6.32. The van der Waals surface area contributed by atoms with Crippen LogP contribution in [0.4, 0.5) is 17.6 Å². The largest absolute Gasteiger partial charge is 0.356 e. The van der Waals surface area contributed by atoms with E-state index >= 15 is 0 Å². The number of halogens is 4. The Kier molecular flexibility index (Phi) is 7.49. The van der Waals surface area contributed by atoms with Gasteiger partial charge in [-0.05, 0) is 30.9 Å². The highest BCUT2D eigenvalue weighted by Gasteiger charge is 2.21. The van der Waals surface area contributed by atoms with E-state index in [0.29, 0.717) is 37.6 Å². The van der Waals surface area contributed by atoms with Gasteiger partial charge in [0.2, 0.25) is 0 Å². The molecule has 0 atom stereocenters. The summed E-state index contributed by atoms with van der Waals surface area (Å²) in [6.07, 6.45) is -0.461. The van der Waals surface area contributed by atoms with E-state index < -0.39 is 18.1 Å². The molecule has 8 heteroatoms. The number of likely N-dealkylation sites (tertiary alicyclic amines) is 1. The molecular weight excluding hydrogens is 336 g/mol. The number of nitrogens with zero attached hydrogens (tertiary/aromatic N) is 2. The first-order chi connectivity index (χ1) is 12.0. The molecule has 0 saturated carbocycles. The van der Waals surface area contributed by atoms with Gasteiger partial charge in [0.05, 0.1) is 6.54 Å². The third-order valence-corrected chi connectivity index (χ3v) is 4.27. The molecule has 25 heavy (non-hydrogen) atoms. The van der Waals surface area contributed by atoms with Crippen LogP contribution in [-0.2, 0) is 6.42 Å². The molecule has 0 spiro atoms. The second-order valence-corrected chi connectivity index (χ2v) is 6.07. The Morgan fingerprint density at radius 3 is 2.64 bits per heavy atom. The van der Waals surface area contributed by atoms with Crippen LogP contribution in [0.1, 0.15) is 18.4 Å². The Bertz CT molecular complexity index is 572. The molecular formula is C17H24F4N4. The van der Waals surface area contributed by atoms with E-state index in [1.165, 1.54) is 6.07 Å². The summed E-state index contributed by atoms with van der Waals surface area (Å²) >= 11 is 0. The zero-order valence-corrected chi connectivity index (χ0v) is 14.2. The van der Waals surface area contributed by atoms with Crippen molar-refractivity contribution in [1.82, 2.24) is 15.5 Å². The van der Waals surface area contributed by atoms with Crippen LogP contribution < -0.4 is 10.6 Å². The molecule has 1 aliphatic heterocycles. The smallest absolute Gasteiger partial charge is 0.251 e. The predicted octanol–water partition coefficient (Wildman–Crippen LogP) is 2.40. The summed E-state index contributed by atoms with van der Waals surface area (Å²) in [4.78, 5) is 5.87. The molecule has 1 heterocycles. The molecule has 1 aliphatic rings. The molecule has 2 N–H and O–H groups in total. The minimum absolute atomic E-state index is 0.158. The van der Waals surface area contributed by atoms with Crippen LogP contribution in [-0.4, -0.2) is 56.6 Å². The molecule has 140 valence electrons. The van der Waals surface area contributed by atoms with Gasteiger partial charge in [-0.2, -0.15) is 0 Å². The summed E-state index contributed by atoms with van der Waals surface area (Å²) in [6, 6.07) is 4.28. The van der Waals surface area contributed by atoms with E-state index in [9.17, 15) is 17.6 Å². The normalized spacial score (nSPS) is 17.1. The van der Waals surface area contributed by atoms with Crippen molar-refractivity contribution in [3.8, 4) is 0 Å². The molecule has 0 amide bonds. The van der Waals surface area contributed by atoms with Gasteiger partial charge in [0.1, 0.15) is 0 Å². The molecule has 1 aromatic carbocycles. The van der Waals surface area contributed by atoms with Crippen LogP contribution in [0, 0.1) is 11.6 Å². The second-order valence-electron chi connectivity index (χ2n) is 6.07. The van der Waals surface area contributed by atoms with Gasteiger partial charge in [0.15, 0.2) is 17.6 Å². The summed E-state index contributed by atoms with van der Waals surface area (Å²) in [6.45, 7) is 1.46. The van der Waals surface area contributed by atoms with Gasteiger partial charge in [-0.1, -0.05) is 12.1 Å². The second kappa shape index (κ2) is 9.60. The maximum Gasteiger partial charge on any atom is 0.251 e. The van der Waals surface area contributed by atoms with E-state index in [0.717, 1.165) is 18.9 Å². The third kappa shape index (κ3) is 6.19. The molecule has 0 aliphatic carbocycles. The third-order valence-electron chi connectivity index (χ3n) is 4.27. The van der Waals surface area contributed by atoms with Crippen LogP contribution >= 0.6 is 0 Å². The lowest BCUT2D eigenvalue weighted by Gasteiger charge is -2.32. The standard InChI is InChI=1S/C17H24F4N4/c1-22-17(23-8-5-12-3-2-4-14(18)16(12)21)24-13-6-9-25(10-7-13)11-15(19)20/h2-4,13,15H,5-11H2,1H3,(H2,22,23,24). The number of alkyl halides is 2. The Labute approximate surface area is 145 Å². The van der Waals surface area contributed by atoms with E-state index in [2.05, 4.69) is 15.6 Å². The minimum Gasteiger partial charge on any atom is -0.356 e. The monoisotopic (exact) mass is 360 g/mol. The van der Waals surface area contributed by atoms with Crippen molar-refractivity contribution in [2.75, 3.05) is 33.2 Å². The highest BCUT2D eigenvalue weighted by molar-refractivity contribution is 5.79. The van der Waals surface area contributed by atoms with Crippen LogP contribution in [0.25, 0.3) is 0 Å². The van der Waals surface area contributed by atoms with Gasteiger partial charge in [-0.15, -0.1) is 0 Å². The van der Waals surface area contributed by atoms with Crippen molar-refractivity contribution >= 4 is 5.96 Å². The first-order valence-electron chi connectivity index (χ1n) is 8.40. The lowest BCUT2D eigenvalue weighted by Crippen LogP contribution is -2.49. The summed E-state index contributed by atoms with van der Waals surface area (Å²) in [7, 11) is 1.63. The molecule has 2 rings (SSSR count). The van der Waals surface area contributed by atoms with Crippen molar-refractivity contribution in [2.45, 2.75) is 31.7 Å². The fourth-order valence-electron chi connectivity index (χ4n) is 2.90. The molecule has 0 radical (unpaired) electrons. The number of hydrogen-bond donors (Lipinski definition) is 2. The van der Waals surface area contributed by atoms with Gasteiger partial charge in [-0.25, -0.2) is 17.6 Å². The van der Waals surface area contributed by atoms with Crippen molar-refractivity contribution in [3.63, 3.8) is 0 Å². The Morgan fingerprint density at radius 1 is 1.28 bits per heavy atom. The summed E-state index contributed by atoms with van der Waals surface area (Å²) in [5.74, 6) is -1.10.